The molecule has 0 saturated carbocycles. The molecule has 0 radical (unpaired) electrons. The number of imidazole rings is 1. The molecular weight excluding hydrogens is 352 g/mol. The minimum Gasteiger partial charge on any atom is -0.361 e. The molecule has 0 fully saturated rings. The minimum atomic E-state index is -1.07. The Morgan fingerprint density at radius 2 is 1.93 bits per heavy atom. The Morgan fingerprint density at radius 3 is 2.56 bits per heavy atom. The van der Waals surface area contributed by atoms with Gasteiger partial charge in [-0.15, -0.1) is 0 Å². The van der Waals surface area contributed by atoms with E-state index in [9.17, 15) is 0 Å². The Hall–Kier alpha value is -1.92. The van der Waals surface area contributed by atoms with Crippen molar-refractivity contribution in [2.24, 2.45) is 0 Å². The maximum Gasteiger partial charge on any atom is 0.142 e. The van der Waals surface area contributed by atoms with Crippen LogP contribution >= 0.6 is 0 Å². The van der Waals surface area contributed by atoms with Gasteiger partial charge in [0.05, 0.1) is 5.69 Å². The van der Waals surface area contributed by atoms with E-state index in [1.165, 1.54) is 6.04 Å². The SMILES string of the molecule is Cc1[nH]c(C(C)(C)C)nc1-c1ccnc2c1ccn2COCC[Si](C)(C)C. The molecule has 3 aromatic rings. The quantitative estimate of drug-likeness (QED) is 0.461. The Morgan fingerprint density at radius 1 is 1.19 bits per heavy atom. The Bertz CT molecular complexity index is 928. The van der Waals surface area contributed by atoms with Gasteiger partial charge >= 0.3 is 0 Å². The number of rotatable bonds is 6. The van der Waals surface area contributed by atoms with Crippen molar-refractivity contribution in [3.05, 3.63) is 36.0 Å². The van der Waals surface area contributed by atoms with E-state index in [4.69, 9.17) is 9.72 Å². The third-order valence-electron chi connectivity index (χ3n) is 4.74. The molecule has 0 aliphatic rings. The zero-order valence-electron chi connectivity index (χ0n) is 17.7. The predicted octanol–water partition coefficient (Wildman–Crippen LogP) is 5.34. The molecule has 0 aliphatic heterocycles. The van der Waals surface area contributed by atoms with Crippen LogP contribution in [0.5, 0.6) is 0 Å². The van der Waals surface area contributed by atoms with Gasteiger partial charge in [0, 0.05) is 49.1 Å². The number of nitrogens with one attached hydrogen (secondary N) is 1. The average molecular weight is 385 g/mol. The highest BCUT2D eigenvalue weighted by atomic mass is 28.3. The molecule has 0 atom stereocenters. The molecule has 0 saturated heterocycles. The summed E-state index contributed by atoms with van der Waals surface area (Å²) in [6.45, 7) is 17.1. The fourth-order valence-corrected chi connectivity index (χ4v) is 3.78. The molecule has 0 spiro atoms. The third kappa shape index (κ3) is 4.50. The van der Waals surface area contributed by atoms with E-state index >= 15 is 0 Å². The number of aromatic amines is 1. The second-order valence-corrected chi connectivity index (χ2v) is 15.2. The lowest BCUT2D eigenvalue weighted by Gasteiger charge is -2.15. The average Bonchev–Trinajstić information content (AvgIpc) is 3.14. The topological polar surface area (TPSA) is 55.7 Å². The summed E-state index contributed by atoms with van der Waals surface area (Å²) in [5, 5.41) is 1.11. The molecule has 0 aliphatic carbocycles. The summed E-state index contributed by atoms with van der Waals surface area (Å²) in [6.07, 6.45) is 3.92. The van der Waals surface area contributed by atoms with E-state index in [1.807, 2.05) is 12.3 Å². The van der Waals surface area contributed by atoms with Gasteiger partial charge in [-0.1, -0.05) is 40.4 Å². The first-order valence-corrected chi connectivity index (χ1v) is 13.4. The number of hydrogen-bond acceptors (Lipinski definition) is 3. The van der Waals surface area contributed by atoms with Gasteiger partial charge in [0.1, 0.15) is 18.2 Å². The fraction of sp³-hybridized carbons (Fsp3) is 0.524. The zero-order chi connectivity index (χ0) is 19.8. The fourth-order valence-electron chi connectivity index (χ4n) is 3.02. The molecule has 0 unspecified atom stereocenters. The lowest BCUT2D eigenvalue weighted by atomic mass is 9.96. The van der Waals surface area contributed by atoms with Crippen molar-refractivity contribution in [2.45, 2.75) is 65.5 Å². The van der Waals surface area contributed by atoms with Gasteiger partial charge in [0.2, 0.25) is 0 Å². The van der Waals surface area contributed by atoms with Crippen LogP contribution in [0.25, 0.3) is 22.3 Å². The van der Waals surface area contributed by atoms with E-state index in [0.29, 0.717) is 6.73 Å². The molecule has 1 N–H and O–H groups in total. The first kappa shape index (κ1) is 19.8. The molecule has 146 valence electrons. The van der Waals surface area contributed by atoms with Crippen LogP contribution in [0.2, 0.25) is 25.7 Å². The van der Waals surface area contributed by atoms with E-state index < -0.39 is 8.07 Å². The highest BCUT2D eigenvalue weighted by Crippen LogP contribution is 2.31. The second-order valence-electron chi connectivity index (χ2n) is 9.54. The van der Waals surface area contributed by atoms with E-state index in [-0.39, 0.29) is 5.41 Å². The van der Waals surface area contributed by atoms with Gasteiger partial charge in [-0.2, -0.15) is 0 Å². The minimum absolute atomic E-state index is 0.00864. The van der Waals surface area contributed by atoms with Gasteiger partial charge in [0.15, 0.2) is 0 Å². The molecule has 0 aromatic carbocycles. The number of pyridine rings is 1. The summed E-state index contributed by atoms with van der Waals surface area (Å²) >= 11 is 0. The lowest BCUT2D eigenvalue weighted by molar-refractivity contribution is 0.0899. The predicted molar refractivity (Wildman–Crippen MR) is 115 cm³/mol. The largest absolute Gasteiger partial charge is 0.361 e. The molecule has 3 heterocycles. The summed E-state index contributed by atoms with van der Waals surface area (Å²) in [6, 6.07) is 5.34. The number of aromatic nitrogens is 4. The van der Waals surface area contributed by atoms with Gasteiger partial charge in [0.25, 0.3) is 0 Å². The standard InChI is InChI=1S/C21H32N4OSi/c1-15-18(24-20(23-15)21(2,3)4)16-8-10-22-19-17(16)9-11-25(19)14-26-12-13-27(5,6)7/h8-11H,12-14H2,1-7H3,(H,23,24). The Balaban J connectivity index is 1.87. The van der Waals surface area contributed by atoms with Crippen molar-refractivity contribution in [1.29, 1.82) is 0 Å². The third-order valence-corrected chi connectivity index (χ3v) is 6.44. The van der Waals surface area contributed by atoms with E-state index in [2.05, 4.69) is 74.1 Å². The molecule has 0 amide bonds. The van der Waals surface area contributed by atoms with Crippen molar-refractivity contribution in [2.75, 3.05) is 6.61 Å². The summed E-state index contributed by atoms with van der Waals surface area (Å²) in [7, 11) is -1.07. The number of fused-ring (bicyclic) bond motifs is 1. The summed E-state index contributed by atoms with van der Waals surface area (Å²) in [4.78, 5) is 12.9. The van der Waals surface area contributed by atoms with Gasteiger partial charge in [-0.25, -0.2) is 9.97 Å². The van der Waals surface area contributed by atoms with Crippen molar-refractivity contribution in [1.82, 2.24) is 19.5 Å². The highest BCUT2D eigenvalue weighted by Gasteiger charge is 2.21. The van der Waals surface area contributed by atoms with Crippen LogP contribution in [0.4, 0.5) is 0 Å². The van der Waals surface area contributed by atoms with Crippen molar-refractivity contribution in [3.8, 4) is 11.3 Å². The molecule has 0 bridgehead atoms. The summed E-state index contributed by atoms with van der Waals surface area (Å²) < 4.78 is 8.00. The molecule has 6 heteroatoms. The number of nitrogens with zero attached hydrogens (tertiary/aromatic N) is 3. The van der Waals surface area contributed by atoms with Crippen molar-refractivity contribution < 1.29 is 4.74 Å². The highest BCUT2D eigenvalue weighted by molar-refractivity contribution is 6.76. The van der Waals surface area contributed by atoms with Crippen molar-refractivity contribution >= 4 is 19.1 Å². The second kappa shape index (κ2) is 7.24. The maximum absolute atomic E-state index is 5.92. The van der Waals surface area contributed by atoms with Gasteiger partial charge in [-0.3, -0.25) is 0 Å². The van der Waals surface area contributed by atoms with E-state index in [0.717, 1.165) is 40.4 Å². The van der Waals surface area contributed by atoms with Crippen LogP contribution in [0.1, 0.15) is 32.3 Å². The van der Waals surface area contributed by atoms with Crippen LogP contribution in [-0.4, -0.2) is 34.2 Å². The summed E-state index contributed by atoms with van der Waals surface area (Å²) in [5.74, 6) is 1.01. The maximum atomic E-state index is 5.92. The van der Waals surface area contributed by atoms with Gasteiger partial charge in [-0.05, 0) is 25.1 Å². The smallest absolute Gasteiger partial charge is 0.142 e. The molecular formula is C21H32N4OSi. The molecule has 27 heavy (non-hydrogen) atoms. The number of ether oxygens (including phenoxy) is 1. The first-order valence-electron chi connectivity index (χ1n) is 9.65. The monoisotopic (exact) mass is 384 g/mol. The van der Waals surface area contributed by atoms with Crippen LogP contribution in [0.3, 0.4) is 0 Å². The van der Waals surface area contributed by atoms with E-state index in [1.54, 1.807) is 0 Å². The van der Waals surface area contributed by atoms with Crippen LogP contribution in [0.15, 0.2) is 24.5 Å². The summed E-state index contributed by atoms with van der Waals surface area (Å²) in [5.41, 5.74) is 4.15. The zero-order valence-corrected chi connectivity index (χ0v) is 18.7. The van der Waals surface area contributed by atoms with Crippen LogP contribution in [0, 0.1) is 6.92 Å². The van der Waals surface area contributed by atoms with Crippen molar-refractivity contribution in [3.63, 3.8) is 0 Å². The number of hydrogen-bond donors (Lipinski definition) is 1. The molecule has 3 rings (SSSR count). The normalized spacial score (nSPS) is 12.9. The molecule has 3 aromatic heterocycles. The van der Waals surface area contributed by atoms with Crippen LogP contribution < -0.4 is 0 Å². The Labute approximate surface area is 163 Å². The van der Waals surface area contributed by atoms with Crippen LogP contribution in [-0.2, 0) is 16.9 Å². The molecule has 5 nitrogen and oxygen atoms in total. The number of aryl methyl sites for hydroxylation is 1. The number of H-pyrrole nitrogens is 1. The first-order chi connectivity index (χ1) is 12.6. The Kier molecular flexibility index (Phi) is 5.32. The van der Waals surface area contributed by atoms with Gasteiger partial charge < -0.3 is 14.3 Å². The lowest BCUT2D eigenvalue weighted by Crippen LogP contribution is -2.22.